The highest BCUT2D eigenvalue weighted by Crippen LogP contribution is 2.24. The Morgan fingerprint density at radius 1 is 1.13 bits per heavy atom. The van der Waals surface area contributed by atoms with E-state index in [1.807, 2.05) is 6.07 Å². The molecular weight excluding hydrogens is 498 g/mol. The summed E-state index contributed by atoms with van der Waals surface area (Å²) in [5, 5.41) is 29.8. The molecule has 15 nitrogen and oxygen atoms in total. The fourth-order valence-electron chi connectivity index (χ4n) is 3.32. The number of nitrogens with zero attached hydrogens (tertiary/aromatic N) is 7. The van der Waals surface area contributed by atoms with Gasteiger partial charge in [-0.15, -0.1) is 5.10 Å². The first-order valence-electron chi connectivity index (χ1n) is 10.9. The van der Waals surface area contributed by atoms with Crippen LogP contribution in [0.1, 0.15) is 21.9 Å². The number of nitrogen functional groups attached to an aromatic ring is 1. The molecule has 0 bridgehead atoms. The van der Waals surface area contributed by atoms with E-state index in [2.05, 4.69) is 35.8 Å². The summed E-state index contributed by atoms with van der Waals surface area (Å²) in [6, 6.07) is 18.1. The van der Waals surface area contributed by atoms with Crippen molar-refractivity contribution in [1.29, 1.82) is 0 Å². The average molecular weight is 515 g/mol. The monoisotopic (exact) mass is 515 g/mol. The lowest BCUT2D eigenvalue weighted by Gasteiger charge is -2.08. The number of furan rings is 1. The van der Waals surface area contributed by atoms with Crippen LogP contribution in [0.3, 0.4) is 0 Å². The number of nitro groups is 1. The van der Waals surface area contributed by atoms with Crippen LogP contribution in [-0.2, 0) is 6.61 Å². The summed E-state index contributed by atoms with van der Waals surface area (Å²) in [4.78, 5) is 23.2. The first-order chi connectivity index (χ1) is 18.5. The standard InChI is InChI=1S/C23H17N9O6/c24-21-22(29-38-28-21)31-18(13-36-16-4-2-1-3-5-16)20(26-30-31)23(33)27-25-12-17-10-11-19(37-17)14-6-8-15(9-7-14)32(34)35/h1-12H,13H2,(H2,24,28)(H,27,33)/b25-12-. The maximum Gasteiger partial charge on any atom is 0.293 e. The van der Waals surface area contributed by atoms with Crippen LogP contribution < -0.4 is 15.9 Å². The van der Waals surface area contributed by atoms with Gasteiger partial charge in [-0.25, -0.2) is 10.1 Å². The molecule has 38 heavy (non-hydrogen) atoms. The second kappa shape index (κ2) is 10.4. The molecule has 190 valence electrons. The van der Waals surface area contributed by atoms with E-state index in [4.69, 9.17) is 14.9 Å². The molecule has 0 aliphatic carbocycles. The van der Waals surface area contributed by atoms with Gasteiger partial charge >= 0.3 is 0 Å². The fraction of sp³-hybridized carbons (Fsp3) is 0.0435. The third kappa shape index (κ3) is 5.06. The van der Waals surface area contributed by atoms with Crippen LogP contribution in [0.2, 0.25) is 0 Å². The molecule has 0 spiro atoms. The number of nitrogens with one attached hydrogen (secondary N) is 1. The molecule has 5 rings (SSSR count). The highest BCUT2D eigenvalue weighted by molar-refractivity contribution is 5.94. The van der Waals surface area contributed by atoms with Crippen molar-refractivity contribution >= 4 is 23.6 Å². The topological polar surface area (TPSA) is 203 Å². The number of hydrogen-bond acceptors (Lipinski definition) is 12. The number of carbonyl (C=O) groups is 1. The van der Waals surface area contributed by atoms with Crippen molar-refractivity contribution in [3.05, 3.63) is 94.0 Å². The number of ether oxygens (including phenoxy) is 1. The van der Waals surface area contributed by atoms with Crippen LogP contribution in [0.5, 0.6) is 5.75 Å². The first kappa shape index (κ1) is 23.9. The molecule has 3 aromatic heterocycles. The van der Waals surface area contributed by atoms with Crippen molar-refractivity contribution in [3.63, 3.8) is 0 Å². The van der Waals surface area contributed by atoms with Crippen LogP contribution in [0, 0.1) is 10.1 Å². The second-order valence-corrected chi connectivity index (χ2v) is 7.58. The smallest absolute Gasteiger partial charge is 0.293 e. The molecule has 0 aliphatic heterocycles. The normalized spacial score (nSPS) is 11.1. The summed E-state index contributed by atoms with van der Waals surface area (Å²) < 4.78 is 17.3. The van der Waals surface area contributed by atoms with Gasteiger partial charge in [-0.3, -0.25) is 14.9 Å². The van der Waals surface area contributed by atoms with Crippen molar-refractivity contribution in [3.8, 4) is 22.9 Å². The minimum atomic E-state index is -0.684. The highest BCUT2D eigenvalue weighted by atomic mass is 16.6. The van der Waals surface area contributed by atoms with Crippen molar-refractivity contribution in [2.45, 2.75) is 6.61 Å². The second-order valence-electron chi connectivity index (χ2n) is 7.58. The maximum absolute atomic E-state index is 12.9. The van der Waals surface area contributed by atoms with Crippen LogP contribution in [0.15, 0.2) is 80.9 Å². The first-order valence-corrected chi connectivity index (χ1v) is 10.9. The Morgan fingerprint density at radius 2 is 1.92 bits per heavy atom. The Balaban J connectivity index is 1.31. The number of para-hydroxylation sites is 1. The Labute approximate surface area is 212 Å². The van der Waals surface area contributed by atoms with Crippen molar-refractivity contribution in [2.24, 2.45) is 5.10 Å². The van der Waals surface area contributed by atoms with Gasteiger partial charge < -0.3 is 14.9 Å². The number of nitro benzene ring substituents is 1. The number of rotatable bonds is 9. The molecule has 1 amide bonds. The summed E-state index contributed by atoms with van der Waals surface area (Å²) in [5.41, 5.74) is 8.89. The van der Waals surface area contributed by atoms with E-state index in [1.165, 1.54) is 23.0 Å². The third-order valence-electron chi connectivity index (χ3n) is 5.14. The van der Waals surface area contributed by atoms with Crippen LogP contribution in [0.4, 0.5) is 11.5 Å². The lowest BCUT2D eigenvalue weighted by molar-refractivity contribution is -0.384. The number of hydrogen-bond donors (Lipinski definition) is 2. The quantitative estimate of drug-likeness (QED) is 0.166. The Kier molecular flexibility index (Phi) is 6.53. The zero-order chi connectivity index (χ0) is 26.5. The molecule has 3 N–H and O–H groups in total. The van der Waals surface area contributed by atoms with Gasteiger partial charge in [0.1, 0.15) is 29.6 Å². The van der Waals surface area contributed by atoms with Crippen molar-refractivity contribution in [2.75, 3.05) is 5.73 Å². The molecule has 0 fully saturated rings. The molecule has 0 saturated heterocycles. The molecule has 15 heteroatoms. The Hall–Kier alpha value is -5.86. The van der Waals surface area contributed by atoms with Gasteiger partial charge in [0.2, 0.25) is 11.6 Å². The van der Waals surface area contributed by atoms with Gasteiger partial charge in [-0.05, 0) is 46.7 Å². The maximum atomic E-state index is 12.9. The van der Waals surface area contributed by atoms with Gasteiger partial charge in [-0.2, -0.15) is 9.78 Å². The molecule has 0 saturated carbocycles. The number of carbonyl (C=O) groups excluding carboxylic acids is 1. The fourth-order valence-corrected chi connectivity index (χ4v) is 3.32. The SMILES string of the molecule is Nc1nonc1-n1nnc(C(=O)N/N=C\c2ccc(-c3ccc([N+](=O)[O-])cc3)o2)c1COc1ccccc1. The van der Waals surface area contributed by atoms with Crippen LogP contribution in [-0.4, -0.2) is 42.4 Å². The summed E-state index contributed by atoms with van der Waals surface area (Å²) in [6.45, 7) is -0.105. The molecule has 0 aliphatic rings. The van der Waals surface area contributed by atoms with Gasteiger partial charge in [0.05, 0.1) is 11.1 Å². The zero-order valence-corrected chi connectivity index (χ0v) is 19.3. The number of aromatic nitrogens is 5. The predicted octanol–water partition coefficient (Wildman–Crippen LogP) is 2.74. The minimum absolute atomic E-state index is 0.0298. The summed E-state index contributed by atoms with van der Waals surface area (Å²) in [5.74, 6) is 0.656. The summed E-state index contributed by atoms with van der Waals surface area (Å²) in [6.07, 6.45) is 1.29. The predicted molar refractivity (Wildman–Crippen MR) is 130 cm³/mol. The van der Waals surface area contributed by atoms with E-state index >= 15 is 0 Å². The number of non-ortho nitro benzene ring substituents is 1. The van der Waals surface area contributed by atoms with Gasteiger partial charge in [-0.1, -0.05) is 23.4 Å². The lowest BCUT2D eigenvalue weighted by atomic mass is 10.1. The molecule has 0 atom stereocenters. The van der Waals surface area contributed by atoms with E-state index in [1.54, 1.807) is 48.5 Å². The third-order valence-corrected chi connectivity index (χ3v) is 5.14. The number of anilines is 1. The van der Waals surface area contributed by atoms with Gasteiger partial charge in [0, 0.05) is 17.7 Å². The van der Waals surface area contributed by atoms with Gasteiger partial charge in [0.25, 0.3) is 11.6 Å². The van der Waals surface area contributed by atoms with Gasteiger partial charge in [0.15, 0.2) is 5.69 Å². The number of benzene rings is 2. The summed E-state index contributed by atoms with van der Waals surface area (Å²) >= 11 is 0. The van der Waals surface area contributed by atoms with Crippen LogP contribution >= 0.6 is 0 Å². The number of amides is 1. The van der Waals surface area contributed by atoms with Crippen molar-refractivity contribution < 1.29 is 23.5 Å². The Morgan fingerprint density at radius 3 is 2.63 bits per heavy atom. The average Bonchev–Trinajstić information content (AvgIpc) is 3.68. The lowest BCUT2D eigenvalue weighted by Crippen LogP contribution is -2.21. The minimum Gasteiger partial charge on any atom is -0.487 e. The van der Waals surface area contributed by atoms with E-state index < -0.39 is 10.8 Å². The summed E-state index contributed by atoms with van der Waals surface area (Å²) in [7, 11) is 0. The van der Waals surface area contributed by atoms with E-state index in [0.29, 0.717) is 22.8 Å². The molecular formula is C23H17N9O6. The molecule has 3 heterocycles. The molecule has 0 unspecified atom stereocenters. The van der Waals surface area contributed by atoms with Crippen LogP contribution in [0.25, 0.3) is 17.1 Å². The molecule has 5 aromatic rings. The van der Waals surface area contributed by atoms with Crippen molar-refractivity contribution in [1.82, 2.24) is 30.7 Å². The molecule has 0 radical (unpaired) electrons. The number of nitrogens with two attached hydrogens (primary N) is 1. The van der Waals surface area contributed by atoms with E-state index in [0.717, 1.165) is 0 Å². The highest BCUT2D eigenvalue weighted by Gasteiger charge is 2.24. The number of hydrazone groups is 1. The van der Waals surface area contributed by atoms with E-state index in [-0.39, 0.29) is 35.3 Å². The molecule has 2 aromatic carbocycles. The Bertz CT molecular complexity index is 1610. The largest absolute Gasteiger partial charge is 0.487 e. The van der Waals surface area contributed by atoms with E-state index in [9.17, 15) is 14.9 Å². The zero-order valence-electron chi connectivity index (χ0n) is 19.3.